The highest BCUT2D eigenvalue weighted by molar-refractivity contribution is 6.52. The Bertz CT molecular complexity index is 512. The Hall–Kier alpha value is -2.21. The first-order chi connectivity index (χ1) is 8.07. The SMILES string of the molecule is CC(C(=O)NN)N1C(=O)C(=O)c2ccccc21. The first kappa shape index (κ1) is 11.3. The fourth-order valence-electron chi connectivity index (χ4n) is 1.83. The second kappa shape index (κ2) is 3.99. The van der Waals surface area contributed by atoms with Gasteiger partial charge < -0.3 is 0 Å². The number of benzene rings is 1. The van der Waals surface area contributed by atoms with Crippen LogP contribution in [0.3, 0.4) is 0 Å². The number of hydrogen-bond donors (Lipinski definition) is 2. The molecule has 6 nitrogen and oxygen atoms in total. The lowest BCUT2D eigenvalue weighted by Gasteiger charge is -2.22. The van der Waals surface area contributed by atoms with Crippen LogP contribution in [-0.2, 0) is 9.59 Å². The quantitative estimate of drug-likeness (QED) is 0.314. The average molecular weight is 233 g/mol. The molecule has 0 aliphatic carbocycles. The maximum Gasteiger partial charge on any atom is 0.300 e. The summed E-state index contributed by atoms with van der Waals surface area (Å²) in [5.74, 6) is 3.19. The van der Waals surface area contributed by atoms with Gasteiger partial charge in [0, 0.05) is 0 Å². The van der Waals surface area contributed by atoms with Crippen LogP contribution in [-0.4, -0.2) is 23.6 Å². The number of nitrogens with two attached hydrogens (primary N) is 1. The fourth-order valence-corrected chi connectivity index (χ4v) is 1.83. The third kappa shape index (κ3) is 1.58. The zero-order valence-electron chi connectivity index (χ0n) is 9.14. The molecule has 1 heterocycles. The molecule has 0 radical (unpaired) electrons. The Kier molecular flexibility index (Phi) is 2.64. The standard InChI is InChI=1S/C11H11N3O3/c1-6(10(16)13-12)14-8-5-3-2-4-7(8)9(15)11(14)17/h2-6H,12H2,1H3,(H,13,16). The van der Waals surface area contributed by atoms with E-state index < -0.39 is 23.6 Å². The molecule has 1 aromatic carbocycles. The van der Waals surface area contributed by atoms with Crippen LogP contribution in [0.1, 0.15) is 17.3 Å². The van der Waals surface area contributed by atoms with E-state index in [1.165, 1.54) is 6.92 Å². The number of Topliss-reactive ketones (excluding diaryl/α,β-unsaturated/α-hetero) is 1. The van der Waals surface area contributed by atoms with Crippen molar-refractivity contribution in [2.75, 3.05) is 4.90 Å². The van der Waals surface area contributed by atoms with Crippen LogP contribution in [0.15, 0.2) is 24.3 Å². The molecule has 0 bridgehead atoms. The number of carbonyl (C=O) groups is 3. The second-order valence-corrected chi connectivity index (χ2v) is 3.71. The first-order valence-electron chi connectivity index (χ1n) is 5.05. The second-order valence-electron chi connectivity index (χ2n) is 3.71. The number of carbonyl (C=O) groups excluding carboxylic acids is 3. The maximum absolute atomic E-state index is 11.8. The monoisotopic (exact) mass is 233 g/mol. The zero-order valence-corrected chi connectivity index (χ0v) is 9.14. The summed E-state index contributed by atoms with van der Waals surface area (Å²) in [6.45, 7) is 1.51. The minimum absolute atomic E-state index is 0.314. The lowest BCUT2D eigenvalue weighted by Crippen LogP contribution is -2.49. The lowest BCUT2D eigenvalue weighted by molar-refractivity contribution is -0.124. The van der Waals surface area contributed by atoms with Crippen LogP contribution >= 0.6 is 0 Å². The molecule has 0 spiro atoms. The number of nitrogens with zero attached hydrogens (tertiary/aromatic N) is 1. The third-order valence-corrected chi connectivity index (χ3v) is 2.73. The van der Waals surface area contributed by atoms with Crippen molar-refractivity contribution < 1.29 is 14.4 Å². The summed E-state index contributed by atoms with van der Waals surface area (Å²) in [4.78, 5) is 36.0. The first-order valence-corrected chi connectivity index (χ1v) is 5.05. The molecule has 0 saturated heterocycles. The zero-order chi connectivity index (χ0) is 12.6. The van der Waals surface area contributed by atoms with Gasteiger partial charge in [0.05, 0.1) is 11.3 Å². The van der Waals surface area contributed by atoms with Crippen molar-refractivity contribution in [3.63, 3.8) is 0 Å². The van der Waals surface area contributed by atoms with Crippen LogP contribution in [0.4, 0.5) is 5.69 Å². The molecule has 88 valence electrons. The number of para-hydroxylation sites is 1. The van der Waals surface area contributed by atoms with Gasteiger partial charge in [-0.15, -0.1) is 0 Å². The number of hydrazine groups is 1. The van der Waals surface area contributed by atoms with E-state index in [0.717, 1.165) is 4.90 Å². The van der Waals surface area contributed by atoms with Gasteiger partial charge in [-0.3, -0.25) is 24.7 Å². The molecule has 1 unspecified atom stereocenters. The summed E-state index contributed by atoms with van der Waals surface area (Å²) in [6.07, 6.45) is 0. The minimum Gasteiger partial charge on any atom is -0.293 e. The lowest BCUT2D eigenvalue weighted by atomic mass is 10.1. The molecule has 0 fully saturated rings. The molecule has 1 atom stereocenters. The molecule has 3 N–H and O–H groups in total. The van der Waals surface area contributed by atoms with E-state index in [2.05, 4.69) is 0 Å². The Balaban J connectivity index is 2.46. The van der Waals surface area contributed by atoms with Gasteiger partial charge in [0.1, 0.15) is 6.04 Å². The molecule has 2 rings (SSSR count). The summed E-state index contributed by atoms with van der Waals surface area (Å²) < 4.78 is 0. The van der Waals surface area contributed by atoms with E-state index in [-0.39, 0.29) is 0 Å². The molecule has 1 aliphatic rings. The highest BCUT2D eigenvalue weighted by Crippen LogP contribution is 2.30. The Morgan fingerprint density at radius 3 is 2.65 bits per heavy atom. The van der Waals surface area contributed by atoms with Gasteiger partial charge >= 0.3 is 0 Å². The van der Waals surface area contributed by atoms with Crippen molar-refractivity contribution in [2.24, 2.45) is 5.84 Å². The van der Waals surface area contributed by atoms with E-state index in [1.807, 2.05) is 5.43 Å². The van der Waals surface area contributed by atoms with Crippen LogP contribution in [0.2, 0.25) is 0 Å². The van der Waals surface area contributed by atoms with E-state index in [0.29, 0.717) is 11.3 Å². The van der Waals surface area contributed by atoms with Crippen LogP contribution in [0.5, 0.6) is 0 Å². The molecule has 0 aromatic heterocycles. The number of hydrogen-bond acceptors (Lipinski definition) is 4. The molecular formula is C11H11N3O3. The smallest absolute Gasteiger partial charge is 0.293 e. The van der Waals surface area contributed by atoms with Gasteiger partial charge in [-0.25, -0.2) is 5.84 Å². The van der Waals surface area contributed by atoms with Gasteiger partial charge in [0.25, 0.3) is 17.6 Å². The summed E-state index contributed by atoms with van der Waals surface area (Å²) in [7, 11) is 0. The number of nitrogens with one attached hydrogen (secondary N) is 1. The van der Waals surface area contributed by atoms with Gasteiger partial charge in [-0.05, 0) is 19.1 Å². The summed E-state index contributed by atoms with van der Waals surface area (Å²) in [5.41, 5.74) is 2.72. The molecular weight excluding hydrogens is 222 g/mol. The molecule has 6 heteroatoms. The summed E-state index contributed by atoms with van der Waals surface area (Å²) >= 11 is 0. The predicted octanol–water partition coefficient (Wildman–Crippen LogP) is -0.406. The normalized spacial score (nSPS) is 15.8. The van der Waals surface area contributed by atoms with E-state index in [4.69, 9.17) is 5.84 Å². The van der Waals surface area contributed by atoms with Gasteiger partial charge in [-0.1, -0.05) is 12.1 Å². The van der Waals surface area contributed by atoms with E-state index in [1.54, 1.807) is 24.3 Å². The van der Waals surface area contributed by atoms with Gasteiger partial charge in [0.2, 0.25) is 0 Å². The summed E-state index contributed by atoms with van der Waals surface area (Å²) in [5, 5.41) is 0. The highest BCUT2D eigenvalue weighted by Gasteiger charge is 2.40. The van der Waals surface area contributed by atoms with Crippen molar-refractivity contribution in [1.82, 2.24) is 5.43 Å². The van der Waals surface area contributed by atoms with Crippen molar-refractivity contribution in [3.8, 4) is 0 Å². The maximum atomic E-state index is 11.8. The molecule has 1 aliphatic heterocycles. The van der Waals surface area contributed by atoms with Crippen LogP contribution < -0.4 is 16.2 Å². The number of anilines is 1. The average Bonchev–Trinajstić information content (AvgIpc) is 2.61. The van der Waals surface area contributed by atoms with Crippen LogP contribution in [0, 0.1) is 0 Å². The molecule has 1 aromatic rings. The molecule has 2 amide bonds. The van der Waals surface area contributed by atoms with Crippen molar-refractivity contribution in [2.45, 2.75) is 13.0 Å². The predicted molar refractivity (Wildman–Crippen MR) is 60.1 cm³/mol. The largest absolute Gasteiger partial charge is 0.300 e. The number of rotatable bonds is 2. The van der Waals surface area contributed by atoms with Crippen molar-refractivity contribution >= 4 is 23.3 Å². The highest BCUT2D eigenvalue weighted by atomic mass is 16.2. The number of ketones is 1. The topological polar surface area (TPSA) is 92.5 Å². The van der Waals surface area contributed by atoms with Crippen molar-refractivity contribution in [1.29, 1.82) is 0 Å². The van der Waals surface area contributed by atoms with E-state index >= 15 is 0 Å². The molecule has 0 saturated carbocycles. The Labute approximate surface area is 97.4 Å². The van der Waals surface area contributed by atoms with Gasteiger partial charge in [-0.2, -0.15) is 0 Å². The number of amides is 2. The Morgan fingerprint density at radius 2 is 2.00 bits per heavy atom. The minimum atomic E-state index is -0.819. The third-order valence-electron chi connectivity index (χ3n) is 2.73. The van der Waals surface area contributed by atoms with E-state index in [9.17, 15) is 14.4 Å². The van der Waals surface area contributed by atoms with Crippen molar-refractivity contribution in [3.05, 3.63) is 29.8 Å². The molecule has 17 heavy (non-hydrogen) atoms. The van der Waals surface area contributed by atoms with Crippen LogP contribution in [0.25, 0.3) is 0 Å². The number of fused-ring (bicyclic) bond motifs is 1. The Morgan fingerprint density at radius 1 is 1.35 bits per heavy atom. The fraction of sp³-hybridized carbons (Fsp3) is 0.182. The van der Waals surface area contributed by atoms with Gasteiger partial charge in [0.15, 0.2) is 0 Å². The summed E-state index contributed by atoms with van der Waals surface area (Å²) in [6, 6.07) is 5.73.